The molecule has 0 radical (unpaired) electrons. The van der Waals surface area contributed by atoms with Crippen LogP contribution in [0.25, 0.3) is 0 Å². The maximum Gasteiger partial charge on any atom is 0.305 e. The Morgan fingerprint density at radius 2 is 2.06 bits per heavy atom. The summed E-state index contributed by atoms with van der Waals surface area (Å²) in [4.78, 5) is 21.9. The Bertz CT molecular complexity index is 429. The quantitative estimate of drug-likeness (QED) is 0.717. The molecule has 0 aliphatic carbocycles. The predicted octanol–water partition coefficient (Wildman–Crippen LogP) is 1.16. The molecule has 1 amide bonds. The fourth-order valence-corrected chi connectivity index (χ4v) is 1.36. The summed E-state index contributed by atoms with van der Waals surface area (Å²) < 4.78 is 0. The van der Waals surface area contributed by atoms with E-state index in [1.807, 2.05) is 6.92 Å². The third kappa shape index (κ3) is 3.79. The molecule has 1 aromatic rings. The monoisotopic (exact) mass is 237 g/mol. The topological polar surface area (TPSA) is 86.6 Å². The third-order valence-corrected chi connectivity index (χ3v) is 2.34. The fourth-order valence-electron chi connectivity index (χ4n) is 1.36. The number of phenolic OH excluding ortho intramolecular Hbond substituents is 1. The number of carbonyl (C=O) groups excluding carboxylic acids is 1. The molecular weight excluding hydrogens is 222 g/mol. The summed E-state index contributed by atoms with van der Waals surface area (Å²) in [6, 6.07) is 4.81. The van der Waals surface area contributed by atoms with Crippen LogP contribution in [-0.4, -0.2) is 28.6 Å². The number of aromatic hydroxyl groups is 1. The molecule has 5 heteroatoms. The zero-order valence-corrected chi connectivity index (χ0v) is 9.56. The first-order valence-corrected chi connectivity index (χ1v) is 5.36. The van der Waals surface area contributed by atoms with Gasteiger partial charge in [-0.15, -0.1) is 0 Å². The van der Waals surface area contributed by atoms with Crippen LogP contribution in [0.3, 0.4) is 0 Å². The molecule has 5 nitrogen and oxygen atoms in total. The van der Waals surface area contributed by atoms with E-state index in [9.17, 15) is 14.7 Å². The average molecular weight is 237 g/mol. The summed E-state index contributed by atoms with van der Waals surface area (Å²) in [5.41, 5.74) is 1.11. The minimum atomic E-state index is -0.975. The second-order valence-electron chi connectivity index (χ2n) is 3.60. The number of hydrogen-bond donors (Lipinski definition) is 3. The van der Waals surface area contributed by atoms with Crippen LogP contribution in [0, 0.1) is 0 Å². The molecule has 0 unspecified atom stereocenters. The van der Waals surface area contributed by atoms with Crippen LogP contribution in [-0.2, 0) is 11.2 Å². The number of aryl methyl sites for hydroxylation is 1. The molecule has 0 aliphatic rings. The number of phenols is 1. The number of hydrogen-bond acceptors (Lipinski definition) is 3. The van der Waals surface area contributed by atoms with Gasteiger partial charge in [0, 0.05) is 6.54 Å². The van der Waals surface area contributed by atoms with E-state index in [1.54, 1.807) is 12.1 Å². The molecule has 0 aromatic heterocycles. The number of amides is 1. The normalized spacial score (nSPS) is 9.94. The first kappa shape index (κ1) is 13.0. The Hall–Kier alpha value is -2.04. The molecule has 0 saturated heterocycles. The van der Waals surface area contributed by atoms with Crippen LogP contribution in [0.5, 0.6) is 5.75 Å². The van der Waals surface area contributed by atoms with Crippen molar-refractivity contribution in [2.45, 2.75) is 19.8 Å². The second kappa shape index (κ2) is 5.89. The molecule has 0 fully saturated rings. The average Bonchev–Trinajstić information content (AvgIpc) is 2.29. The summed E-state index contributed by atoms with van der Waals surface area (Å²) in [6.45, 7) is 1.99. The van der Waals surface area contributed by atoms with E-state index in [0.29, 0.717) is 0 Å². The van der Waals surface area contributed by atoms with Crippen molar-refractivity contribution in [1.29, 1.82) is 0 Å². The van der Waals surface area contributed by atoms with Crippen LogP contribution in [0.15, 0.2) is 18.2 Å². The van der Waals surface area contributed by atoms with E-state index in [4.69, 9.17) is 5.11 Å². The van der Waals surface area contributed by atoms with Gasteiger partial charge in [-0.1, -0.05) is 13.0 Å². The highest BCUT2D eigenvalue weighted by atomic mass is 16.4. The molecule has 0 spiro atoms. The first-order chi connectivity index (χ1) is 8.04. The Kier molecular flexibility index (Phi) is 4.51. The van der Waals surface area contributed by atoms with Crippen molar-refractivity contribution in [3.8, 4) is 5.75 Å². The molecule has 1 rings (SSSR count). The van der Waals surface area contributed by atoms with E-state index in [-0.39, 0.29) is 24.3 Å². The van der Waals surface area contributed by atoms with Crippen LogP contribution in [0.2, 0.25) is 0 Å². The third-order valence-electron chi connectivity index (χ3n) is 2.34. The van der Waals surface area contributed by atoms with Gasteiger partial charge in [0.05, 0.1) is 12.0 Å². The van der Waals surface area contributed by atoms with E-state index < -0.39 is 11.9 Å². The number of nitrogens with one attached hydrogen (secondary N) is 1. The zero-order valence-electron chi connectivity index (χ0n) is 9.56. The smallest absolute Gasteiger partial charge is 0.305 e. The van der Waals surface area contributed by atoms with Crippen LogP contribution < -0.4 is 5.32 Å². The number of carboxylic acid groups (broad SMARTS) is 1. The molecule has 17 heavy (non-hydrogen) atoms. The minimum Gasteiger partial charge on any atom is -0.507 e. The molecule has 0 heterocycles. The molecule has 0 bridgehead atoms. The molecule has 92 valence electrons. The summed E-state index contributed by atoms with van der Waals surface area (Å²) in [7, 11) is 0. The van der Waals surface area contributed by atoms with Gasteiger partial charge in [-0.2, -0.15) is 0 Å². The van der Waals surface area contributed by atoms with Gasteiger partial charge in [0.2, 0.25) is 0 Å². The predicted molar refractivity (Wildman–Crippen MR) is 62.1 cm³/mol. The summed E-state index contributed by atoms with van der Waals surface area (Å²) in [5.74, 6) is -1.54. The highest BCUT2D eigenvalue weighted by Crippen LogP contribution is 2.18. The lowest BCUT2D eigenvalue weighted by atomic mass is 10.1. The van der Waals surface area contributed by atoms with E-state index >= 15 is 0 Å². The lowest BCUT2D eigenvalue weighted by Gasteiger charge is -2.07. The Balaban J connectivity index is 2.70. The minimum absolute atomic E-state index is 0.0456. The van der Waals surface area contributed by atoms with Crippen LogP contribution >= 0.6 is 0 Å². The van der Waals surface area contributed by atoms with Crippen molar-refractivity contribution in [3.63, 3.8) is 0 Å². The number of rotatable bonds is 5. The molecule has 0 atom stereocenters. The van der Waals surface area contributed by atoms with E-state index in [0.717, 1.165) is 12.0 Å². The summed E-state index contributed by atoms with van der Waals surface area (Å²) >= 11 is 0. The van der Waals surface area contributed by atoms with E-state index in [1.165, 1.54) is 6.07 Å². The van der Waals surface area contributed by atoms with Crippen LogP contribution in [0.4, 0.5) is 0 Å². The van der Waals surface area contributed by atoms with Gasteiger partial charge in [0.15, 0.2) is 0 Å². The number of carboxylic acids is 1. The fraction of sp³-hybridized carbons (Fsp3) is 0.333. The van der Waals surface area contributed by atoms with Crippen LogP contribution in [0.1, 0.15) is 29.3 Å². The molecule has 0 aliphatic heterocycles. The van der Waals surface area contributed by atoms with Gasteiger partial charge in [0.25, 0.3) is 5.91 Å². The van der Waals surface area contributed by atoms with Gasteiger partial charge in [-0.05, 0) is 24.1 Å². The number of benzene rings is 1. The van der Waals surface area contributed by atoms with Gasteiger partial charge < -0.3 is 15.5 Å². The lowest BCUT2D eigenvalue weighted by molar-refractivity contribution is -0.136. The maximum atomic E-state index is 11.7. The van der Waals surface area contributed by atoms with Crippen molar-refractivity contribution in [1.82, 2.24) is 5.32 Å². The highest BCUT2D eigenvalue weighted by Gasteiger charge is 2.11. The van der Waals surface area contributed by atoms with Gasteiger partial charge in [0.1, 0.15) is 5.75 Å². The molecule has 1 aromatic carbocycles. The summed E-state index contributed by atoms with van der Waals surface area (Å²) in [6.07, 6.45) is 0.621. The zero-order chi connectivity index (χ0) is 12.8. The van der Waals surface area contributed by atoms with Crippen molar-refractivity contribution < 1.29 is 19.8 Å². The second-order valence-corrected chi connectivity index (χ2v) is 3.60. The largest absolute Gasteiger partial charge is 0.507 e. The van der Waals surface area contributed by atoms with Crippen molar-refractivity contribution >= 4 is 11.9 Å². The molecule has 3 N–H and O–H groups in total. The molecule has 0 saturated carbocycles. The highest BCUT2D eigenvalue weighted by molar-refractivity contribution is 5.97. The van der Waals surface area contributed by atoms with Crippen molar-refractivity contribution in [2.75, 3.05) is 6.54 Å². The standard InChI is InChI=1S/C12H15NO4/c1-2-8-3-4-10(14)9(7-8)12(17)13-6-5-11(15)16/h3-4,7,14H,2,5-6H2,1H3,(H,13,17)(H,15,16). The Labute approximate surface area is 99.1 Å². The number of aliphatic carboxylic acids is 1. The van der Waals surface area contributed by atoms with Gasteiger partial charge >= 0.3 is 5.97 Å². The Morgan fingerprint density at radius 3 is 2.65 bits per heavy atom. The van der Waals surface area contributed by atoms with Gasteiger partial charge in [-0.3, -0.25) is 9.59 Å². The van der Waals surface area contributed by atoms with Crippen molar-refractivity contribution in [2.24, 2.45) is 0 Å². The number of carbonyl (C=O) groups is 2. The maximum absolute atomic E-state index is 11.7. The van der Waals surface area contributed by atoms with Crippen molar-refractivity contribution in [3.05, 3.63) is 29.3 Å². The first-order valence-electron chi connectivity index (χ1n) is 5.36. The van der Waals surface area contributed by atoms with Gasteiger partial charge in [-0.25, -0.2) is 0 Å². The van der Waals surface area contributed by atoms with E-state index in [2.05, 4.69) is 5.32 Å². The SMILES string of the molecule is CCc1ccc(O)c(C(=O)NCCC(=O)O)c1. The Morgan fingerprint density at radius 1 is 1.35 bits per heavy atom. The molecular formula is C12H15NO4. The summed E-state index contributed by atoms with van der Waals surface area (Å²) in [5, 5.41) is 20.4. The lowest BCUT2D eigenvalue weighted by Crippen LogP contribution is -2.26.